The molecule has 152 valence electrons. The molecule has 4 rings (SSSR count). The molecule has 1 aromatic carbocycles. The van der Waals surface area contributed by atoms with Crippen molar-refractivity contribution >= 4 is 41.2 Å². The highest BCUT2D eigenvalue weighted by Gasteiger charge is 2.63. The number of nitrogens with one attached hydrogen (secondary N) is 2. The summed E-state index contributed by atoms with van der Waals surface area (Å²) in [5.41, 5.74) is 0. The molecule has 0 aliphatic carbocycles. The Bertz CT molecular complexity index is 916. The molecule has 3 aliphatic heterocycles. The second-order valence-electron chi connectivity index (χ2n) is 7.52. The van der Waals surface area contributed by atoms with Crippen molar-refractivity contribution in [3.05, 3.63) is 30.3 Å². The standard InChI is InChI=1S/C19H20N4O5S/c1-19(2)15(16-21-11(24)8-12(25)22-16)23-17(27)14(18(23)29-19)20-13(26)9-28-10-6-4-3-5-7-10/h3-7,14-15,18H,8-9H2,1-2H3,(H,20,26)(H,21,22,24,25)/t14?,15?,18-/m0/s1. The first-order chi connectivity index (χ1) is 13.8. The Kier molecular flexibility index (Phi) is 4.81. The number of ether oxygens (including phenoxy) is 1. The number of rotatable bonds is 5. The van der Waals surface area contributed by atoms with Crippen LogP contribution in [0.5, 0.6) is 5.75 Å². The number of nitrogens with zero attached hydrogens (tertiary/aromatic N) is 2. The van der Waals surface area contributed by atoms with E-state index >= 15 is 0 Å². The maximum absolute atomic E-state index is 12.8. The van der Waals surface area contributed by atoms with Gasteiger partial charge in [-0.1, -0.05) is 18.2 Å². The van der Waals surface area contributed by atoms with Gasteiger partial charge in [0.15, 0.2) is 6.61 Å². The summed E-state index contributed by atoms with van der Waals surface area (Å²) in [6, 6.07) is 7.69. The molecular formula is C19H20N4O5S. The Balaban J connectivity index is 1.42. The fourth-order valence-electron chi connectivity index (χ4n) is 3.73. The van der Waals surface area contributed by atoms with Crippen molar-refractivity contribution < 1.29 is 23.9 Å². The third-order valence-electron chi connectivity index (χ3n) is 4.95. The molecule has 0 bridgehead atoms. The summed E-state index contributed by atoms with van der Waals surface area (Å²) in [6.07, 6.45) is -0.290. The topological polar surface area (TPSA) is 117 Å². The van der Waals surface area contributed by atoms with E-state index in [1.807, 2.05) is 19.9 Å². The van der Waals surface area contributed by atoms with Gasteiger partial charge >= 0.3 is 0 Å². The van der Waals surface area contributed by atoms with Crippen molar-refractivity contribution in [3.63, 3.8) is 0 Å². The van der Waals surface area contributed by atoms with Crippen LogP contribution in [0.3, 0.4) is 0 Å². The van der Waals surface area contributed by atoms with E-state index in [9.17, 15) is 19.2 Å². The Labute approximate surface area is 171 Å². The van der Waals surface area contributed by atoms with Crippen molar-refractivity contribution in [1.29, 1.82) is 0 Å². The lowest BCUT2D eigenvalue weighted by Crippen LogP contribution is -2.72. The molecule has 2 fully saturated rings. The molecular weight excluding hydrogens is 396 g/mol. The van der Waals surface area contributed by atoms with E-state index in [1.165, 1.54) is 11.8 Å². The van der Waals surface area contributed by atoms with Crippen LogP contribution >= 0.6 is 11.8 Å². The molecule has 0 spiro atoms. The van der Waals surface area contributed by atoms with Gasteiger partial charge in [-0.15, -0.1) is 11.8 Å². The molecule has 0 saturated carbocycles. The third-order valence-corrected chi connectivity index (χ3v) is 6.53. The predicted molar refractivity (Wildman–Crippen MR) is 105 cm³/mol. The zero-order valence-electron chi connectivity index (χ0n) is 15.9. The van der Waals surface area contributed by atoms with Crippen LogP contribution in [-0.2, 0) is 19.2 Å². The summed E-state index contributed by atoms with van der Waals surface area (Å²) >= 11 is 1.50. The summed E-state index contributed by atoms with van der Waals surface area (Å²) in [5.74, 6) is -0.870. The fraction of sp³-hybridized carbons (Fsp3) is 0.421. The summed E-state index contributed by atoms with van der Waals surface area (Å²) in [4.78, 5) is 54.0. The number of β-lactam (4-membered cyclic amide) rings is 1. The lowest BCUT2D eigenvalue weighted by molar-refractivity contribution is -0.150. The van der Waals surface area contributed by atoms with E-state index < -0.39 is 34.6 Å². The molecule has 4 amide bonds. The molecule has 9 nitrogen and oxygen atoms in total. The molecule has 29 heavy (non-hydrogen) atoms. The molecule has 2 saturated heterocycles. The van der Waals surface area contributed by atoms with E-state index in [0.717, 1.165) is 0 Å². The molecule has 0 aromatic heterocycles. The van der Waals surface area contributed by atoms with E-state index in [1.54, 1.807) is 29.2 Å². The summed E-state index contributed by atoms with van der Waals surface area (Å²) < 4.78 is 4.92. The molecule has 2 unspecified atom stereocenters. The number of aliphatic imine (C=N–C) groups is 1. The van der Waals surface area contributed by atoms with E-state index in [-0.39, 0.29) is 30.1 Å². The SMILES string of the molecule is CC1(C)S[C@H]2C(NC(=O)COc3ccccc3)C(=O)N2C1C1=NC(=O)CC(=O)N1. The monoisotopic (exact) mass is 416 g/mol. The number of para-hydroxylation sites is 1. The van der Waals surface area contributed by atoms with Crippen molar-refractivity contribution in [2.45, 2.75) is 42.5 Å². The molecule has 3 aliphatic rings. The van der Waals surface area contributed by atoms with Gasteiger partial charge in [-0.2, -0.15) is 4.99 Å². The Hall–Kier alpha value is -2.88. The number of thioether (sulfide) groups is 1. The molecule has 3 heterocycles. The van der Waals surface area contributed by atoms with Crippen LogP contribution in [0.4, 0.5) is 0 Å². The minimum atomic E-state index is -0.688. The van der Waals surface area contributed by atoms with Gasteiger partial charge in [0.2, 0.25) is 11.8 Å². The van der Waals surface area contributed by atoms with Crippen LogP contribution in [0.15, 0.2) is 35.3 Å². The molecule has 0 radical (unpaired) electrons. The number of fused-ring (bicyclic) bond motifs is 1. The van der Waals surface area contributed by atoms with E-state index in [4.69, 9.17) is 4.74 Å². The number of amidine groups is 1. The Morgan fingerprint density at radius 3 is 2.72 bits per heavy atom. The van der Waals surface area contributed by atoms with Crippen LogP contribution in [0.1, 0.15) is 20.3 Å². The predicted octanol–water partition coefficient (Wildman–Crippen LogP) is 0.0575. The van der Waals surface area contributed by atoms with Crippen molar-refractivity contribution in [2.24, 2.45) is 4.99 Å². The van der Waals surface area contributed by atoms with Gasteiger partial charge < -0.3 is 20.3 Å². The fourth-order valence-corrected chi connectivity index (χ4v) is 5.36. The first-order valence-corrected chi connectivity index (χ1v) is 10.0. The average Bonchev–Trinajstić information content (AvgIpc) is 2.92. The summed E-state index contributed by atoms with van der Waals surface area (Å²) in [6.45, 7) is 3.63. The highest BCUT2D eigenvalue weighted by atomic mass is 32.2. The van der Waals surface area contributed by atoms with Crippen LogP contribution in [0, 0.1) is 0 Å². The zero-order chi connectivity index (χ0) is 20.8. The average molecular weight is 416 g/mol. The highest BCUT2D eigenvalue weighted by molar-refractivity contribution is 8.01. The number of carbonyl (C=O) groups excluding carboxylic acids is 4. The quantitative estimate of drug-likeness (QED) is 0.518. The lowest BCUT2D eigenvalue weighted by atomic mass is 9.94. The largest absolute Gasteiger partial charge is 0.484 e. The van der Waals surface area contributed by atoms with Gasteiger partial charge in [-0.25, -0.2) is 0 Å². The number of hydrogen-bond acceptors (Lipinski definition) is 6. The Morgan fingerprint density at radius 1 is 1.31 bits per heavy atom. The maximum atomic E-state index is 12.8. The zero-order valence-corrected chi connectivity index (χ0v) is 16.7. The maximum Gasteiger partial charge on any atom is 0.258 e. The third kappa shape index (κ3) is 3.59. The van der Waals surface area contributed by atoms with Crippen LogP contribution in [0.25, 0.3) is 0 Å². The van der Waals surface area contributed by atoms with Gasteiger partial charge in [0.25, 0.3) is 11.8 Å². The lowest BCUT2D eigenvalue weighted by Gasteiger charge is -2.45. The van der Waals surface area contributed by atoms with E-state index in [0.29, 0.717) is 5.75 Å². The number of benzene rings is 1. The number of hydrogen-bond donors (Lipinski definition) is 2. The minimum absolute atomic E-state index is 0.191. The van der Waals surface area contributed by atoms with Crippen molar-refractivity contribution in [3.8, 4) is 5.75 Å². The van der Waals surface area contributed by atoms with Crippen LogP contribution in [-0.4, -0.2) is 63.2 Å². The van der Waals surface area contributed by atoms with Gasteiger partial charge in [-0.3, -0.25) is 19.2 Å². The molecule has 1 aromatic rings. The Morgan fingerprint density at radius 2 is 2.03 bits per heavy atom. The van der Waals surface area contributed by atoms with Crippen molar-refractivity contribution in [2.75, 3.05) is 6.61 Å². The van der Waals surface area contributed by atoms with Crippen LogP contribution < -0.4 is 15.4 Å². The smallest absolute Gasteiger partial charge is 0.258 e. The van der Waals surface area contributed by atoms with Gasteiger partial charge in [0, 0.05) is 4.75 Å². The van der Waals surface area contributed by atoms with Gasteiger partial charge in [0.05, 0.1) is 0 Å². The highest BCUT2D eigenvalue weighted by Crippen LogP contribution is 2.51. The van der Waals surface area contributed by atoms with Crippen molar-refractivity contribution in [1.82, 2.24) is 15.5 Å². The summed E-state index contributed by atoms with van der Waals surface area (Å²) in [5, 5.41) is 5.03. The normalized spacial score (nSPS) is 27.5. The second kappa shape index (κ2) is 7.18. The number of carbonyl (C=O) groups is 4. The first kappa shape index (κ1) is 19.4. The second-order valence-corrected chi connectivity index (χ2v) is 9.29. The van der Waals surface area contributed by atoms with Crippen LogP contribution in [0.2, 0.25) is 0 Å². The first-order valence-electron chi connectivity index (χ1n) is 9.15. The summed E-state index contributed by atoms with van der Waals surface area (Å²) in [7, 11) is 0. The molecule has 10 heteroatoms. The number of amides is 4. The van der Waals surface area contributed by atoms with Gasteiger partial charge in [-0.05, 0) is 26.0 Å². The minimum Gasteiger partial charge on any atom is -0.484 e. The molecule has 3 atom stereocenters. The molecule has 2 N–H and O–H groups in total. The van der Waals surface area contributed by atoms with E-state index in [2.05, 4.69) is 15.6 Å². The van der Waals surface area contributed by atoms with Gasteiger partial charge in [0.1, 0.15) is 35.5 Å².